The highest BCUT2D eigenvalue weighted by Crippen LogP contribution is 2.20. The van der Waals surface area contributed by atoms with Crippen LogP contribution in [0, 0.1) is 6.92 Å². The lowest BCUT2D eigenvalue weighted by molar-refractivity contribution is -0.122. The summed E-state index contributed by atoms with van der Waals surface area (Å²) < 4.78 is 5.29. The number of hydrogen-bond donors (Lipinski definition) is 1. The fourth-order valence-corrected chi connectivity index (χ4v) is 1.29. The van der Waals surface area contributed by atoms with Crippen LogP contribution in [0.4, 0.5) is 0 Å². The number of halogens is 2. The van der Waals surface area contributed by atoms with Crippen LogP contribution in [0.15, 0.2) is 29.8 Å². The van der Waals surface area contributed by atoms with Gasteiger partial charge in [0.1, 0.15) is 5.75 Å². The van der Waals surface area contributed by atoms with Gasteiger partial charge in [-0.2, -0.15) is 0 Å². The summed E-state index contributed by atoms with van der Waals surface area (Å²) in [6.07, 6.45) is 0. The minimum atomic E-state index is -0.251. The van der Waals surface area contributed by atoms with Gasteiger partial charge in [-0.1, -0.05) is 29.8 Å². The Bertz CT molecular complexity index is 433. The lowest BCUT2D eigenvalue weighted by Crippen LogP contribution is -2.29. The van der Waals surface area contributed by atoms with Crippen LogP contribution in [0.1, 0.15) is 5.56 Å². The van der Waals surface area contributed by atoms with Crippen LogP contribution >= 0.6 is 23.2 Å². The van der Waals surface area contributed by atoms with Gasteiger partial charge in [0.15, 0.2) is 6.61 Å². The smallest absolute Gasteiger partial charge is 0.258 e. The van der Waals surface area contributed by atoms with Crippen LogP contribution in [0.3, 0.4) is 0 Å². The minimum Gasteiger partial charge on any atom is -0.484 e. The van der Waals surface area contributed by atoms with Gasteiger partial charge in [0, 0.05) is 10.1 Å². The number of carbonyl (C=O) groups is 1. The first kappa shape index (κ1) is 13.9. The molecule has 0 fully saturated rings. The Hall–Kier alpha value is -1.19. The van der Waals surface area contributed by atoms with Gasteiger partial charge in [-0.15, -0.1) is 0 Å². The second kappa shape index (κ2) is 6.52. The lowest BCUT2D eigenvalue weighted by Gasteiger charge is -2.08. The molecule has 0 aliphatic carbocycles. The molecule has 3 nitrogen and oxygen atoms in total. The van der Waals surface area contributed by atoms with Gasteiger partial charge in [-0.3, -0.25) is 4.79 Å². The molecule has 0 saturated heterocycles. The summed E-state index contributed by atoms with van der Waals surface area (Å²) >= 11 is 11.4. The van der Waals surface area contributed by atoms with E-state index in [4.69, 9.17) is 27.9 Å². The second-order valence-corrected chi connectivity index (χ2v) is 4.44. The monoisotopic (exact) mass is 273 g/mol. The minimum absolute atomic E-state index is 0.0642. The molecule has 0 heterocycles. The Labute approximate surface area is 110 Å². The summed E-state index contributed by atoms with van der Waals surface area (Å²) in [5.41, 5.74) is 0.902. The van der Waals surface area contributed by atoms with Crippen molar-refractivity contribution >= 4 is 29.1 Å². The molecule has 0 aliphatic heterocycles. The first-order valence-electron chi connectivity index (χ1n) is 4.98. The van der Waals surface area contributed by atoms with Gasteiger partial charge < -0.3 is 10.1 Å². The van der Waals surface area contributed by atoms with Crippen LogP contribution < -0.4 is 10.1 Å². The molecule has 0 aromatic heterocycles. The van der Waals surface area contributed by atoms with E-state index in [2.05, 4.69) is 11.9 Å². The highest BCUT2D eigenvalue weighted by Gasteiger charge is 2.03. The maximum absolute atomic E-state index is 11.3. The maximum atomic E-state index is 11.3. The first-order valence-corrected chi connectivity index (χ1v) is 5.73. The molecule has 0 spiro atoms. The van der Waals surface area contributed by atoms with Gasteiger partial charge in [0.2, 0.25) is 0 Å². The van der Waals surface area contributed by atoms with Crippen molar-refractivity contribution in [2.75, 3.05) is 13.2 Å². The van der Waals surface area contributed by atoms with Crippen molar-refractivity contribution in [2.24, 2.45) is 0 Å². The molecule has 1 amide bonds. The Morgan fingerprint density at radius 1 is 1.53 bits per heavy atom. The summed E-state index contributed by atoms with van der Waals surface area (Å²) in [7, 11) is 0. The molecule has 0 radical (unpaired) electrons. The van der Waals surface area contributed by atoms with E-state index >= 15 is 0 Å². The summed E-state index contributed by atoms with van der Waals surface area (Å²) in [4.78, 5) is 11.3. The second-order valence-electron chi connectivity index (χ2n) is 3.49. The molecule has 0 unspecified atom stereocenters. The summed E-state index contributed by atoms with van der Waals surface area (Å²) in [5, 5.41) is 3.60. The molecule has 0 aliphatic rings. The normalized spacial score (nSPS) is 9.82. The van der Waals surface area contributed by atoms with Crippen molar-refractivity contribution in [1.82, 2.24) is 5.32 Å². The Balaban J connectivity index is 2.42. The lowest BCUT2D eigenvalue weighted by atomic mass is 10.2. The average molecular weight is 274 g/mol. The van der Waals surface area contributed by atoms with Crippen LogP contribution in [0.25, 0.3) is 0 Å². The van der Waals surface area contributed by atoms with E-state index < -0.39 is 0 Å². The van der Waals surface area contributed by atoms with E-state index in [1.807, 2.05) is 6.92 Å². The van der Waals surface area contributed by atoms with Gasteiger partial charge >= 0.3 is 0 Å². The predicted octanol–water partition coefficient (Wildman–Crippen LogP) is 2.90. The van der Waals surface area contributed by atoms with E-state index in [-0.39, 0.29) is 19.1 Å². The Morgan fingerprint density at radius 3 is 2.82 bits per heavy atom. The van der Waals surface area contributed by atoms with Crippen LogP contribution in [0.2, 0.25) is 5.02 Å². The summed E-state index contributed by atoms with van der Waals surface area (Å²) in [5.74, 6) is 0.353. The highest BCUT2D eigenvalue weighted by atomic mass is 35.5. The molecule has 5 heteroatoms. The van der Waals surface area contributed by atoms with Crippen LogP contribution in [-0.2, 0) is 4.79 Å². The Morgan fingerprint density at radius 2 is 2.24 bits per heavy atom. The molecular formula is C12H13Cl2NO2. The maximum Gasteiger partial charge on any atom is 0.258 e. The number of rotatable bonds is 5. The molecule has 0 atom stereocenters. The van der Waals surface area contributed by atoms with Gasteiger partial charge in [-0.05, 0) is 30.7 Å². The molecule has 0 saturated carbocycles. The predicted molar refractivity (Wildman–Crippen MR) is 69.7 cm³/mol. The molecule has 1 aromatic carbocycles. The first-order chi connectivity index (χ1) is 7.99. The van der Waals surface area contributed by atoms with Crippen molar-refractivity contribution in [3.63, 3.8) is 0 Å². The van der Waals surface area contributed by atoms with E-state index in [9.17, 15) is 4.79 Å². The molecule has 1 rings (SSSR count). The average Bonchev–Trinajstić information content (AvgIpc) is 2.28. The van der Waals surface area contributed by atoms with Crippen molar-refractivity contribution in [2.45, 2.75) is 6.92 Å². The molecule has 1 N–H and O–H groups in total. The molecular weight excluding hydrogens is 261 g/mol. The van der Waals surface area contributed by atoms with E-state index in [0.29, 0.717) is 15.8 Å². The zero-order valence-corrected chi connectivity index (χ0v) is 10.9. The third-order valence-corrected chi connectivity index (χ3v) is 2.53. The van der Waals surface area contributed by atoms with Crippen molar-refractivity contribution < 1.29 is 9.53 Å². The molecule has 0 bridgehead atoms. The van der Waals surface area contributed by atoms with E-state index in [1.54, 1.807) is 18.2 Å². The molecule has 17 heavy (non-hydrogen) atoms. The van der Waals surface area contributed by atoms with E-state index in [0.717, 1.165) is 5.56 Å². The van der Waals surface area contributed by atoms with Gasteiger partial charge in [0.25, 0.3) is 5.91 Å². The fraction of sp³-hybridized carbons (Fsp3) is 0.250. The van der Waals surface area contributed by atoms with Crippen molar-refractivity contribution in [3.8, 4) is 5.75 Å². The fourth-order valence-electron chi connectivity index (χ4n) is 1.10. The molecule has 92 valence electrons. The Kier molecular flexibility index (Phi) is 5.32. The van der Waals surface area contributed by atoms with Gasteiger partial charge in [-0.25, -0.2) is 0 Å². The third kappa shape index (κ3) is 5.11. The standard InChI is InChI=1S/C12H13Cl2NO2/c1-8-5-10(3-4-11(8)14)17-7-12(16)15-6-9(2)13/h3-5H,2,6-7H2,1H3,(H,15,16). The third-order valence-electron chi connectivity index (χ3n) is 1.98. The van der Waals surface area contributed by atoms with Crippen LogP contribution in [0.5, 0.6) is 5.75 Å². The summed E-state index contributed by atoms with van der Waals surface area (Å²) in [6.45, 7) is 5.50. The molecule has 1 aromatic rings. The van der Waals surface area contributed by atoms with Gasteiger partial charge in [0.05, 0.1) is 6.54 Å². The van der Waals surface area contributed by atoms with Crippen molar-refractivity contribution in [1.29, 1.82) is 0 Å². The van der Waals surface area contributed by atoms with Crippen molar-refractivity contribution in [3.05, 3.63) is 40.4 Å². The number of ether oxygens (including phenoxy) is 1. The van der Waals surface area contributed by atoms with E-state index in [1.165, 1.54) is 0 Å². The number of amides is 1. The number of benzene rings is 1. The quantitative estimate of drug-likeness (QED) is 0.896. The number of aryl methyl sites for hydroxylation is 1. The zero-order chi connectivity index (χ0) is 12.8. The number of hydrogen-bond acceptors (Lipinski definition) is 2. The largest absolute Gasteiger partial charge is 0.484 e. The number of nitrogens with one attached hydrogen (secondary N) is 1. The SMILES string of the molecule is C=C(Cl)CNC(=O)COc1ccc(Cl)c(C)c1. The summed E-state index contributed by atoms with van der Waals surface area (Å²) in [6, 6.07) is 5.21. The topological polar surface area (TPSA) is 38.3 Å². The zero-order valence-electron chi connectivity index (χ0n) is 9.43. The number of carbonyl (C=O) groups excluding carboxylic acids is 1. The van der Waals surface area contributed by atoms with Crippen LogP contribution in [-0.4, -0.2) is 19.1 Å². The highest BCUT2D eigenvalue weighted by molar-refractivity contribution is 6.31.